The van der Waals surface area contributed by atoms with E-state index in [0.717, 1.165) is 25.8 Å². The summed E-state index contributed by atoms with van der Waals surface area (Å²) in [5.41, 5.74) is 1.27. The highest BCUT2D eigenvalue weighted by molar-refractivity contribution is 5.95. The van der Waals surface area contributed by atoms with Crippen LogP contribution in [0.3, 0.4) is 0 Å². The molecule has 1 aromatic carbocycles. The molecule has 2 aliphatic rings. The van der Waals surface area contributed by atoms with Crippen molar-refractivity contribution in [2.24, 2.45) is 0 Å². The van der Waals surface area contributed by atoms with Crippen LogP contribution in [-0.2, 0) is 19.1 Å². The summed E-state index contributed by atoms with van der Waals surface area (Å²) in [7, 11) is 0. The highest BCUT2D eigenvalue weighted by Gasteiger charge is 2.38. The van der Waals surface area contributed by atoms with E-state index < -0.39 is 6.10 Å². The summed E-state index contributed by atoms with van der Waals surface area (Å²) < 4.78 is 5.63. The van der Waals surface area contributed by atoms with Gasteiger partial charge < -0.3 is 20.3 Å². The van der Waals surface area contributed by atoms with E-state index in [4.69, 9.17) is 4.74 Å². The van der Waals surface area contributed by atoms with Crippen molar-refractivity contribution in [3.63, 3.8) is 0 Å². The summed E-state index contributed by atoms with van der Waals surface area (Å²) in [6.45, 7) is 2.70. The molecule has 3 rings (SSSR count). The first-order valence-corrected chi connectivity index (χ1v) is 8.62. The van der Waals surface area contributed by atoms with Gasteiger partial charge in [-0.05, 0) is 43.5 Å². The molecule has 2 saturated heterocycles. The standard InChI is InChI=1S/C18H23N3O4/c1-12(22)19-13-5-7-14(8-6-13)20-17(23)10-16-18(24)21-9-3-2-4-15(21)11-25-16/h5-8,15-16H,2-4,9-11H2,1H3,(H,19,22)(H,20,23)/t15-,16-/m1/s1. The second kappa shape index (κ2) is 7.65. The molecule has 1 aromatic rings. The van der Waals surface area contributed by atoms with Gasteiger partial charge in [0, 0.05) is 24.8 Å². The van der Waals surface area contributed by atoms with Crippen LogP contribution in [0.25, 0.3) is 0 Å². The molecule has 2 aliphatic heterocycles. The van der Waals surface area contributed by atoms with Crippen LogP contribution in [0, 0.1) is 0 Å². The minimum atomic E-state index is -0.701. The van der Waals surface area contributed by atoms with Gasteiger partial charge in [-0.25, -0.2) is 0 Å². The van der Waals surface area contributed by atoms with E-state index in [1.807, 2.05) is 4.90 Å². The van der Waals surface area contributed by atoms with Crippen LogP contribution in [0.1, 0.15) is 32.6 Å². The number of morpholine rings is 1. The number of carbonyl (C=O) groups is 3. The van der Waals surface area contributed by atoms with E-state index in [1.165, 1.54) is 6.92 Å². The average Bonchev–Trinajstić information content (AvgIpc) is 2.59. The van der Waals surface area contributed by atoms with E-state index >= 15 is 0 Å². The second-order valence-electron chi connectivity index (χ2n) is 6.51. The molecule has 0 unspecified atom stereocenters. The van der Waals surface area contributed by atoms with Crippen LogP contribution >= 0.6 is 0 Å². The van der Waals surface area contributed by atoms with Crippen LogP contribution in [0.4, 0.5) is 11.4 Å². The topological polar surface area (TPSA) is 87.7 Å². The van der Waals surface area contributed by atoms with Crippen molar-refractivity contribution in [3.05, 3.63) is 24.3 Å². The van der Waals surface area contributed by atoms with E-state index in [-0.39, 0.29) is 30.2 Å². The lowest BCUT2D eigenvalue weighted by atomic mass is 9.99. The molecule has 25 heavy (non-hydrogen) atoms. The van der Waals surface area contributed by atoms with E-state index in [1.54, 1.807) is 24.3 Å². The monoisotopic (exact) mass is 345 g/mol. The number of rotatable bonds is 4. The van der Waals surface area contributed by atoms with Crippen molar-refractivity contribution < 1.29 is 19.1 Å². The van der Waals surface area contributed by atoms with Gasteiger partial charge in [0.05, 0.1) is 19.1 Å². The van der Waals surface area contributed by atoms with E-state index in [2.05, 4.69) is 10.6 Å². The smallest absolute Gasteiger partial charge is 0.252 e. The summed E-state index contributed by atoms with van der Waals surface area (Å²) in [5, 5.41) is 5.42. The zero-order valence-electron chi connectivity index (χ0n) is 14.3. The molecule has 0 radical (unpaired) electrons. The van der Waals surface area contributed by atoms with Crippen molar-refractivity contribution in [3.8, 4) is 0 Å². The first kappa shape index (κ1) is 17.4. The summed E-state index contributed by atoms with van der Waals surface area (Å²) in [5.74, 6) is -0.492. The SMILES string of the molecule is CC(=O)Nc1ccc(NC(=O)C[C@H]2OC[C@H]3CCCCN3C2=O)cc1. The fourth-order valence-corrected chi connectivity index (χ4v) is 3.31. The Kier molecular flexibility index (Phi) is 5.33. The third-order valence-electron chi connectivity index (χ3n) is 4.54. The Bertz CT molecular complexity index is 659. The minimum Gasteiger partial charge on any atom is -0.366 e. The van der Waals surface area contributed by atoms with Crippen LogP contribution in [0.2, 0.25) is 0 Å². The minimum absolute atomic E-state index is 0.00943. The van der Waals surface area contributed by atoms with Gasteiger partial charge in [0.1, 0.15) is 6.10 Å². The second-order valence-corrected chi connectivity index (χ2v) is 6.51. The molecule has 0 saturated carbocycles. The van der Waals surface area contributed by atoms with Gasteiger partial charge in [-0.3, -0.25) is 14.4 Å². The van der Waals surface area contributed by atoms with Crippen molar-refractivity contribution >= 4 is 29.1 Å². The van der Waals surface area contributed by atoms with Crippen molar-refractivity contribution in [1.82, 2.24) is 4.90 Å². The maximum absolute atomic E-state index is 12.5. The van der Waals surface area contributed by atoms with Gasteiger partial charge in [0.15, 0.2) is 0 Å². The Morgan fingerprint density at radius 3 is 2.52 bits per heavy atom. The number of nitrogens with one attached hydrogen (secondary N) is 2. The molecule has 0 aliphatic carbocycles. The summed E-state index contributed by atoms with van der Waals surface area (Å²) in [4.78, 5) is 37.6. The molecule has 2 heterocycles. The maximum Gasteiger partial charge on any atom is 0.252 e. The molecular weight excluding hydrogens is 322 g/mol. The number of benzene rings is 1. The number of hydrogen-bond acceptors (Lipinski definition) is 4. The lowest BCUT2D eigenvalue weighted by molar-refractivity contribution is -0.163. The van der Waals surface area contributed by atoms with Crippen LogP contribution in [0.5, 0.6) is 0 Å². The van der Waals surface area contributed by atoms with Crippen molar-refractivity contribution in [2.75, 3.05) is 23.8 Å². The quantitative estimate of drug-likeness (QED) is 0.870. The fourth-order valence-electron chi connectivity index (χ4n) is 3.31. The third kappa shape index (κ3) is 4.36. The molecule has 0 spiro atoms. The normalized spacial score (nSPS) is 22.9. The van der Waals surface area contributed by atoms with Crippen LogP contribution < -0.4 is 10.6 Å². The molecule has 2 N–H and O–H groups in total. The molecular formula is C18H23N3O4. The first-order valence-electron chi connectivity index (χ1n) is 8.62. The number of ether oxygens (including phenoxy) is 1. The predicted octanol–water partition coefficient (Wildman–Crippen LogP) is 1.75. The number of fused-ring (bicyclic) bond motifs is 1. The molecule has 3 amide bonds. The van der Waals surface area contributed by atoms with Crippen LogP contribution in [0.15, 0.2) is 24.3 Å². The molecule has 0 aromatic heterocycles. The first-order chi connectivity index (χ1) is 12.0. The van der Waals surface area contributed by atoms with E-state index in [9.17, 15) is 14.4 Å². The fraction of sp³-hybridized carbons (Fsp3) is 0.500. The van der Waals surface area contributed by atoms with Crippen molar-refractivity contribution in [2.45, 2.75) is 44.8 Å². The number of anilines is 2. The van der Waals surface area contributed by atoms with Gasteiger partial charge in [-0.15, -0.1) is 0 Å². The molecule has 0 bridgehead atoms. The van der Waals surface area contributed by atoms with Gasteiger partial charge in [-0.2, -0.15) is 0 Å². The van der Waals surface area contributed by atoms with Gasteiger partial charge >= 0.3 is 0 Å². The Labute approximate surface area is 146 Å². The van der Waals surface area contributed by atoms with Gasteiger partial charge in [-0.1, -0.05) is 0 Å². The van der Waals surface area contributed by atoms with Crippen molar-refractivity contribution in [1.29, 1.82) is 0 Å². The molecule has 134 valence electrons. The largest absolute Gasteiger partial charge is 0.366 e. The van der Waals surface area contributed by atoms with E-state index in [0.29, 0.717) is 18.0 Å². The summed E-state index contributed by atoms with van der Waals surface area (Å²) >= 11 is 0. The Morgan fingerprint density at radius 2 is 1.84 bits per heavy atom. The van der Waals surface area contributed by atoms with Gasteiger partial charge in [0.2, 0.25) is 11.8 Å². The Balaban J connectivity index is 1.53. The Hall–Kier alpha value is -2.41. The molecule has 7 heteroatoms. The maximum atomic E-state index is 12.5. The number of nitrogens with zero attached hydrogens (tertiary/aromatic N) is 1. The molecule has 7 nitrogen and oxygen atoms in total. The lowest BCUT2D eigenvalue weighted by Crippen LogP contribution is -2.56. The Morgan fingerprint density at radius 1 is 1.16 bits per heavy atom. The summed E-state index contributed by atoms with van der Waals surface area (Å²) in [6, 6.07) is 6.98. The van der Waals surface area contributed by atoms with Crippen LogP contribution in [-0.4, -0.2) is 47.9 Å². The number of amides is 3. The zero-order chi connectivity index (χ0) is 17.8. The summed E-state index contributed by atoms with van der Waals surface area (Å²) in [6.07, 6.45) is 2.42. The predicted molar refractivity (Wildman–Crippen MR) is 93.1 cm³/mol. The molecule has 2 atom stereocenters. The lowest BCUT2D eigenvalue weighted by Gasteiger charge is -2.41. The highest BCUT2D eigenvalue weighted by Crippen LogP contribution is 2.24. The number of carbonyl (C=O) groups excluding carboxylic acids is 3. The molecule has 2 fully saturated rings. The number of piperidine rings is 1. The number of hydrogen-bond donors (Lipinski definition) is 2. The third-order valence-corrected chi connectivity index (χ3v) is 4.54. The zero-order valence-corrected chi connectivity index (χ0v) is 14.3. The highest BCUT2D eigenvalue weighted by atomic mass is 16.5. The van der Waals surface area contributed by atoms with Gasteiger partial charge in [0.25, 0.3) is 5.91 Å². The average molecular weight is 345 g/mol.